The van der Waals surface area contributed by atoms with Crippen molar-refractivity contribution in [3.63, 3.8) is 0 Å². The van der Waals surface area contributed by atoms with Crippen LogP contribution in [0.15, 0.2) is 36.5 Å². The summed E-state index contributed by atoms with van der Waals surface area (Å²) < 4.78 is 0. The van der Waals surface area contributed by atoms with Crippen molar-refractivity contribution < 1.29 is 0 Å². The highest BCUT2D eigenvalue weighted by molar-refractivity contribution is 5.31. The first-order valence-electron chi connectivity index (χ1n) is 4.44. The standard InChI is InChI=1S/C12H20/c1-7-10(3)9-11(8-2)12(4,5)6/h8-9H,2-3,7H2,1,4-6H3/b11-9+. The van der Waals surface area contributed by atoms with Gasteiger partial charge in [0.2, 0.25) is 0 Å². The normalized spacial score (nSPS) is 12.8. The molecular formula is C12H20. The average Bonchev–Trinajstić information content (AvgIpc) is 1.97. The summed E-state index contributed by atoms with van der Waals surface area (Å²) >= 11 is 0. The SMILES string of the molecule is C=C/C(=C\C(=C)CC)C(C)(C)C. The average molecular weight is 164 g/mol. The molecule has 0 aliphatic carbocycles. The highest BCUT2D eigenvalue weighted by atomic mass is 14.2. The summed E-state index contributed by atoms with van der Waals surface area (Å²) in [5, 5.41) is 0. The van der Waals surface area contributed by atoms with Crippen LogP contribution in [-0.4, -0.2) is 0 Å². The van der Waals surface area contributed by atoms with Gasteiger partial charge in [-0.3, -0.25) is 0 Å². The van der Waals surface area contributed by atoms with E-state index in [1.54, 1.807) is 0 Å². The van der Waals surface area contributed by atoms with Crippen LogP contribution in [0.4, 0.5) is 0 Å². The van der Waals surface area contributed by atoms with Gasteiger partial charge in [-0.15, -0.1) is 0 Å². The fourth-order valence-corrected chi connectivity index (χ4v) is 0.904. The molecular weight excluding hydrogens is 144 g/mol. The molecule has 0 spiro atoms. The van der Waals surface area contributed by atoms with Crippen LogP contribution in [0.5, 0.6) is 0 Å². The van der Waals surface area contributed by atoms with E-state index in [0.29, 0.717) is 0 Å². The molecule has 0 saturated carbocycles. The Morgan fingerprint density at radius 2 is 1.83 bits per heavy atom. The molecule has 0 aliphatic rings. The summed E-state index contributed by atoms with van der Waals surface area (Å²) in [7, 11) is 0. The van der Waals surface area contributed by atoms with E-state index in [-0.39, 0.29) is 5.41 Å². The Hall–Kier alpha value is -0.780. The van der Waals surface area contributed by atoms with E-state index in [1.807, 2.05) is 6.08 Å². The minimum absolute atomic E-state index is 0.180. The molecule has 12 heavy (non-hydrogen) atoms. The lowest BCUT2D eigenvalue weighted by Crippen LogP contribution is -2.07. The van der Waals surface area contributed by atoms with Gasteiger partial charge in [-0.2, -0.15) is 0 Å². The lowest BCUT2D eigenvalue weighted by Gasteiger charge is -2.20. The van der Waals surface area contributed by atoms with Crippen molar-refractivity contribution in [2.24, 2.45) is 5.41 Å². The van der Waals surface area contributed by atoms with Gasteiger partial charge in [-0.25, -0.2) is 0 Å². The second kappa shape index (κ2) is 4.30. The number of rotatable bonds is 3. The van der Waals surface area contributed by atoms with Crippen molar-refractivity contribution in [1.82, 2.24) is 0 Å². The van der Waals surface area contributed by atoms with E-state index in [4.69, 9.17) is 0 Å². The maximum atomic E-state index is 3.95. The summed E-state index contributed by atoms with van der Waals surface area (Å²) in [6.07, 6.45) is 5.06. The van der Waals surface area contributed by atoms with E-state index in [1.165, 1.54) is 11.1 Å². The third-order valence-electron chi connectivity index (χ3n) is 1.90. The van der Waals surface area contributed by atoms with E-state index in [2.05, 4.69) is 46.9 Å². The Balaban J connectivity index is 4.67. The van der Waals surface area contributed by atoms with Gasteiger partial charge in [0, 0.05) is 0 Å². The molecule has 0 radical (unpaired) electrons. The molecule has 0 saturated heterocycles. The lowest BCUT2D eigenvalue weighted by molar-refractivity contribution is 0.517. The fourth-order valence-electron chi connectivity index (χ4n) is 0.904. The molecule has 0 aliphatic heterocycles. The Morgan fingerprint density at radius 3 is 2.08 bits per heavy atom. The molecule has 0 N–H and O–H groups in total. The molecule has 0 aromatic heterocycles. The molecule has 0 heterocycles. The van der Waals surface area contributed by atoms with Crippen LogP contribution in [0, 0.1) is 5.41 Å². The summed E-state index contributed by atoms with van der Waals surface area (Å²) in [5.74, 6) is 0. The summed E-state index contributed by atoms with van der Waals surface area (Å²) in [4.78, 5) is 0. The van der Waals surface area contributed by atoms with Crippen LogP contribution in [0.2, 0.25) is 0 Å². The van der Waals surface area contributed by atoms with Gasteiger partial charge < -0.3 is 0 Å². The molecule has 0 heteroatoms. The highest BCUT2D eigenvalue weighted by Crippen LogP contribution is 2.27. The van der Waals surface area contributed by atoms with Gasteiger partial charge in [-0.1, -0.05) is 58.6 Å². The van der Waals surface area contributed by atoms with Crippen molar-refractivity contribution in [2.75, 3.05) is 0 Å². The zero-order valence-electron chi connectivity index (χ0n) is 8.78. The van der Waals surface area contributed by atoms with E-state index in [9.17, 15) is 0 Å². The summed E-state index contributed by atoms with van der Waals surface area (Å²) in [5.41, 5.74) is 2.61. The van der Waals surface area contributed by atoms with Crippen LogP contribution < -0.4 is 0 Å². The molecule has 0 aromatic carbocycles. The van der Waals surface area contributed by atoms with Gasteiger partial charge in [0.25, 0.3) is 0 Å². The van der Waals surface area contributed by atoms with Gasteiger partial charge in [-0.05, 0) is 17.4 Å². The zero-order valence-corrected chi connectivity index (χ0v) is 8.78. The third kappa shape index (κ3) is 3.56. The molecule has 0 aromatic rings. The maximum Gasteiger partial charge on any atom is -0.0132 e. The number of hydrogen-bond acceptors (Lipinski definition) is 0. The van der Waals surface area contributed by atoms with Gasteiger partial charge in [0.05, 0.1) is 0 Å². The Labute approximate surface area is 76.7 Å². The summed E-state index contributed by atoms with van der Waals surface area (Å²) in [6.45, 7) is 16.4. The fraction of sp³-hybridized carbons (Fsp3) is 0.500. The molecule has 0 rings (SSSR count). The number of hydrogen-bond donors (Lipinski definition) is 0. The molecule has 0 atom stereocenters. The first-order valence-corrected chi connectivity index (χ1v) is 4.44. The van der Waals surface area contributed by atoms with Gasteiger partial charge in [0.1, 0.15) is 0 Å². The molecule has 0 unspecified atom stereocenters. The largest absolute Gasteiger partial charge is 0.0988 e. The molecule has 0 nitrogen and oxygen atoms in total. The predicted molar refractivity (Wildman–Crippen MR) is 57.2 cm³/mol. The Morgan fingerprint density at radius 1 is 1.33 bits per heavy atom. The quantitative estimate of drug-likeness (QED) is 0.551. The minimum atomic E-state index is 0.180. The predicted octanol–water partition coefficient (Wildman–Crippen LogP) is 4.11. The van der Waals surface area contributed by atoms with Gasteiger partial charge >= 0.3 is 0 Å². The number of allylic oxidation sites excluding steroid dienone is 4. The Kier molecular flexibility index (Phi) is 4.02. The zero-order chi connectivity index (χ0) is 9.78. The van der Waals surface area contributed by atoms with Crippen LogP contribution in [0.1, 0.15) is 34.1 Å². The second-order valence-corrected chi connectivity index (χ2v) is 4.07. The molecule has 0 bridgehead atoms. The topological polar surface area (TPSA) is 0 Å². The van der Waals surface area contributed by atoms with E-state index >= 15 is 0 Å². The monoisotopic (exact) mass is 164 g/mol. The van der Waals surface area contributed by atoms with Crippen LogP contribution in [-0.2, 0) is 0 Å². The van der Waals surface area contributed by atoms with Crippen molar-refractivity contribution in [3.8, 4) is 0 Å². The first-order chi connectivity index (χ1) is 5.41. The molecule has 68 valence electrons. The third-order valence-corrected chi connectivity index (χ3v) is 1.90. The van der Waals surface area contributed by atoms with Crippen LogP contribution in [0.3, 0.4) is 0 Å². The van der Waals surface area contributed by atoms with Gasteiger partial charge in [0.15, 0.2) is 0 Å². The highest BCUT2D eigenvalue weighted by Gasteiger charge is 2.13. The first kappa shape index (κ1) is 11.2. The smallest absolute Gasteiger partial charge is 0.0132 e. The van der Waals surface area contributed by atoms with E-state index < -0.39 is 0 Å². The second-order valence-electron chi connectivity index (χ2n) is 4.07. The lowest BCUT2D eigenvalue weighted by atomic mass is 9.85. The molecule has 0 fully saturated rings. The van der Waals surface area contributed by atoms with Crippen molar-refractivity contribution >= 4 is 0 Å². The minimum Gasteiger partial charge on any atom is -0.0988 e. The Bertz CT molecular complexity index is 199. The summed E-state index contributed by atoms with van der Waals surface area (Å²) in [6, 6.07) is 0. The van der Waals surface area contributed by atoms with Crippen LogP contribution >= 0.6 is 0 Å². The van der Waals surface area contributed by atoms with Crippen LogP contribution in [0.25, 0.3) is 0 Å². The van der Waals surface area contributed by atoms with Crippen molar-refractivity contribution in [2.45, 2.75) is 34.1 Å². The maximum absolute atomic E-state index is 3.95. The van der Waals surface area contributed by atoms with Crippen molar-refractivity contribution in [1.29, 1.82) is 0 Å². The van der Waals surface area contributed by atoms with E-state index in [0.717, 1.165) is 6.42 Å². The van der Waals surface area contributed by atoms with Crippen molar-refractivity contribution in [3.05, 3.63) is 36.5 Å². The molecule has 0 amide bonds.